The molecule has 0 fully saturated rings. The number of aromatic nitrogens is 2. The highest BCUT2D eigenvalue weighted by Crippen LogP contribution is 2.24. The van der Waals surface area contributed by atoms with Gasteiger partial charge in [0.25, 0.3) is 0 Å². The van der Waals surface area contributed by atoms with Crippen LogP contribution < -0.4 is 5.32 Å². The third-order valence-electron chi connectivity index (χ3n) is 2.66. The maximum absolute atomic E-state index is 4.50. The smallest absolute Gasteiger partial charge is 0.135 e. The Balaban J connectivity index is 2.24. The van der Waals surface area contributed by atoms with Crippen molar-refractivity contribution >= 4 is 43.4 Å². The van der Waals surface area contributed by atoms with Gasteiger partial charge >= 0.3 is 0 Å². The lowest BCUT2D eigenvalue weighted by Gasteiger charge is -2.09. The van der Waals surface area contributed by atoms with Gasteiger partial charge in [-0.25, -0.2) is 9.97 Å². The zero-order chi connectivity index (χ0) is 13.8. The summed E-state index contributed by atoms with van der Waals surface area (Å²) in [5, 5.41) is 3.30. The molecule has 1 aromatic carbocycles. The number of hydrogen-bond acceptors (Lipinski definition) is 3. The second-order valence-corrected chi connectivity index (χ2v) is 6.00. The van der Waals surface area contributed by atoms with Crippen molar-refractivity contribution in [2.24, 2.45) is 0 Å². The Kier molecular flexibility index (Phi) is 4.93. The van der Waals surface area contributed by atoms with E-state index in [1.54, 1.807) is 0 Å². The first kappa shape index (κ1) is 14.5. The first-order chi connectivity index (χ1) is 9.08. The molecule has 1 heterocycles. The molecule has 1 aromatic heterocycles. The van der Waals surface area contributed by atoms with Gasteiger partial charge in [-0.3, -0.25) is 0 Å². The molecule has 0 bridgehead atoms. The largest absolute Gasteiger partial charge is 0.340 e. The van der Waals surface area contributed by atoms with Gasteiger partial charge in [0.2, 0.25) is 0 Å². The van der Waals surface area contributed by atoms with Crippen LogP contribution in [0.25, 0.3) is 0 Å². The second-order valence-electron chi connectivity index (χ2n) is 4.33. The van der Waals surface area contributed by atoms with Crippen molar-refractivity contribution in [3.8, 4) is 0 Å². The van der Waals surface area contributed by atoms with Gasteiger partial charge < -0.3 is 5.32 Å². The molecule has 0 atom stereocenters. The molecular weight excluding hydrogens is 370 g/mol. The van der Waals surface area contributed by atoms with Crippen molar-refractivity contribution in [3.05, 3.63) is 44.7 Å². The summed E-state index contributed by atoms with van der Waals surface area (Å²) in [6.07, 6.45) is 1.91. The summed E-state index contributed by atoms with van der Waals surface area (Å²) in [6, 6.07) is 8.03. The van der Waals surface area contributed by atoms with Crippen LogP contribution in [0.3, 0.4) is 0 Å². The van der Waals surface area contributed by atoms with Gasteiger partial charge in [-0.2, -0.15) is 0 Å². The molecule has 0 spiro atoms. The molecule has 0 radical (unpaired) electrons. The molecule has 2 aromatic rings. The lowest BCUT2D eigenvalue weighted by Crippen LogP contribution is -2.00. The summed E-state index contributed by atoms with van der Waals surface area (Å²) in [6.45, 7) is 4.18. The van der Waals surface area contributed by atoms with E-state index in [1.807, 2.05) is 18.2 Å². The molecule has 100 valence electrons. The number of nitrogens with zero attached hydrogens (tertiary/aromatic N) is 2. The zero-order valence-corrected chi connectivity index (χ0v) is 14.0. The number of halogens is 2. The van der Waals surface area contributed by atoms with Gasteiger partial charge in [-0.15, -0.1) is 0 Å². The van der Waals surface area contributed by atoms with E-state index in [9.17, 15) is 0 Å². The first-order valence-corrected chi connectivity index (χ1v) is 7.73. The van der Waals surface area contributed by atoms with Gasteiger partial charge in [-0.1, -0.05) is 28.9 Å². The molecule has 0 saturated carbocycles. The number of hydrogen-bond donors (Lipinski definition) is 1. The molecular formula is C14H15Br2N3. The van der Waals surface area contributed by atoms with E-state index in [4.69, 9.17) is 0 Å². The predicted molar refractivity (Wildman–Crippen MR) is 85.9 cm³/mol. The molecule has 0 amide bonds. The number of anilines is 2. The van der Waals surface area contributed by atoms with Crippen molar-refractivity contribution in [1.29, 1.82) is 0 Å². The summed E-state index contributed by atoms with van der Waals surface area (Å²) in [4.78, 5) is 8.86. The average molecular weight is 385 g/mol. The second kappa shape index (κ2) is 6.48. The lowest BCUT2D eigenvalue weighted by atomic mass is 10.2. The topological polar surface area (TPSA) is 37.8 Å². The van der Waals surface area contributed by atoms with Crippen LogP contribution in [0.2, 0.25) is 0 Å². The van der Waals surface area contributed by atoms with E-state index in [2.05, 4.69) is 67.1 Å². The fourth-order valence-corrected chi connectivity index (χ4v) is 2.48. The van der Waals surface area contributed by atoms with Crippen LogP contribution in [0, 0.1) is 6.92 Å². The van der Waals surface area contributed by atoms with E-state index in [0.717, 1.165) is 39.2 Å². The predicted octanol–water partition coefficient (Wildman–Crippen LogP) is 5.01. The fraction of sp³-hybridized carbons (Fsp3) is 0.286. The maximum Gasteiger partial charge on any atom is 0.135 e. The molecule has 0 saturated heterocycles. The summed E-state index contributed by atoms with van der Waals surface area (Å²) < 4.78 is 1.89. The number of rotatable bonds is 4. The van der Waals surface area contributed by atoms with Gasteiger partial charge in [-0.05, 0) is 47.0 Å². The molecule has 0 aliphatic carbocycles. The highest BCUT2D eigenvalue weighted by molar-refractivity contribution is 9.10. The summed E-state index contributed by atoms with van der Waals surface area (Å²) in [5.41, 5.74) is 2.21. The van der Waals surface area contributed by atoms with Crippen LogP contribution >= 0.6 is 31.9 Å². The Bertz CT molecular complexity index is 585. The van der Waals surface area contributed by atoms with E-state index in [-0.39, 0.29) is 0 Å². The molecule has 0 aliphatic rings. The quantitative estimate of drug-likeness (QED) is 0.753. The minimum atomic E-state index is 0.805. The molecule has 2 rings (SSSR count). The van der Waals surface area contributed by atoms with Crippen molar-refractivity contribution in [2.75, 3.05) is 5.32 Å². The normalized spacial score (nSPS) is 10.5. The lowest BCUT2D eigenvalue weighted by molar-refractivity contribution is 0.831. The number of nitrogens with one attached hydrogen (secondary N) is 1. The summed E-state index contributed by atoms with van der Waals surface area (Å²) >= 11 is 6.95. The van der Waals surface area contributed by atoms with Gasteiger partial charge in [0.15, 0.2) is 0 Å². The van der Waals surface area contributed by atoms with E-state index >= 15 is 0 Å². The Morgan fingerprint density at radius 1 is 1.16 bits per heavy atom. The van der Waals surface area contributed by atoms with Crippen molar-refractivity contribution in [3.63, 3.8) is 0 Å². The van der Waals surface area contributed by atoms with Crippen LogP contribution in [0.1, 0.15) is 24.7 Å². The van der Waals surface area contributed by atoms with Crippen molar-refractivity contribution in [1.82, 2.24) is 9.97 Å². The number of aryl methyl sites for hydroxylation is 2. The van der Waals surface area contributed by atoms with Crippen LogP contribution in [-0.4, -0.2) is 9.97 Å². The Morgan fingerprint density at radius 3 is 2.63 bits per heavy atom. The SMILES string of the molecule is CCCc1nc(Br)cc(Nc2ccc(C)c(Br)c2)n1. The van der Waals surface area contributed by atoms with Gasteiger partial charge in [0.1, 0.15) is 16.2 Å². The molecule has 5 heteroatoms. The summed E-state index contributed by atoms with van der Waals surface area (Å²) in [5.74, 6) is 1.66. The minimum Gasteiger partial charge on any atom is -0.340 e. The van der Waals surface area contributed by atoms with Gasteiger partial charge in [0, 0.05) is 22.6 Å². The first-order valence-electron chi connectivity index (χ1n) is 6.15. The monoisotopic (exact) mass is 383 g/mol. The number of benzene rings is 1. The Hall–Kier alpha value is -0.940. The standard InChI is InChI=1S/C14H15Br2N3/c1-3-4-13-18-12(16)8-14(19-13)17-10-6-5-9(2)11(15)7-10/h5-8H,3-4H2,1-2H3,(H,17,18,19). The van der Waals surface area contributed by atoms with Gasteiger partial charge in [0.05, 0.1) is 0 Å². The average Bonchev–Trinajstić information content (AvgIpc) is 2.33. The van der Waals surface area contributed by atoms with Crippen molar-refractivity contribution < 1.29 is 0 Å². The summed E-state index contributed by atoms with van der Waals surface area (Å²) in [7, 11) is 0. The molecule has 19 heavy (non-hydrogen) atoms. The van der Waals surface area contributed by atoms with E-state index in [0.29, 0.717) is 0 Å². The maximum atomic E-state index is 4.50. The molecule has 0 aliphatic heterocycles. The third-order valence-corrected chi connectivity index (χ3v) is 3.92. The molecule has 3 nitrogen and oxygen atoms in total. The van der Waals surface area contributed by atoms with Crippen LogP contribution in [-0.2, 0) is 6.42 Å². The highest BCUT2D eigenvalue weighted by atomic mass is 79.9. The minimum absolute atomic E-state index is 0.805. The van der Waals surface area contributed by atoms with Crippen LogP contribution in [0.15, 0.2) is 33.3 Å². The Labute approximate surface area is 130 Å². The Morgan fingerprint density at radius 2 is 1.95 bits per heavy atom. The highest BCUT2D eigenvalue weighted by Gasteiger charge is 2.04. The van der Waals surface area contributed by atoms with Crippen LogP contribution in [0.4, 0.5) is 11.5 Å². The van der Waals surface area contributed by atoms with E-state index < -0.39 is 0 Å². The zero-order valence-electron chi connectivity index (χ0n) is 10.9. The van der Waals surface area contributed by atoms with Crippen molar-refractivity contribution in [2.45, 2.75) is 26.7 Å². The molecule has 1 N–H and O–H groups in total. The third kappa shape index (κ3) is 4.01. The fourth-order valence-electron chi connectivity index (χ4n) is 1.68. The van der Waals surface area contributed by atoms with Crippen LogP contribution in [0.5, 0.6) is 0 Å². The molecule has 0 unspecified atom stereocenters. The van der Waals surface area contributed by atoms with E-state index in [1.165, 1.54) is 5.56 Å².